The molecule has 1 atom stereocenters. The largest absolute Gasteiger partial charge is 0.432 e. The summed E-state index contributed by atoms with van der Waals surface area (Å²) in [6.45, 7) is 1.54. The summed E-state index contributed by atoms with van der Waals surface area (Å²) in [5.41, 5.74) is -0.403. The van der Waals surface area contributed by atoms with Crippen LogP contribution < -0.4 is 4.72 Å². The Morgan fingerprint density at radius 3 is 2.64 bits per heavy atom. The SMILES string of the molecule is CCc1ccccc1S(=O)(=O)NCC1CC(C(F)(F)F)=NO1. The van der Waals surface area contributed by atoms with Crippen molar-refractivity contribution < 1.29 is 26.4 Å². The lowest BCUT2D eigenvalue weighted by molar-refractivity contribution is -0.0604. The zero-order chi connectivity index (χ0) is 16.4. The number of halogens is 3. The van der Waals surface area contributed by atoms with E-state index in [0.717, 1.165) is 0 Å². The van der Waals surface area contributed by atoms with Crippen molar-refractivity contribution in [2.75, 3.05) is 6.54 Å². The molecular weight excluding hydrogens is 321 g/mol. The smallest absolute Gasteiger partial charge is 0.390 e. The normalized spacial score (nSPS) is 18.9. The Hall–Kier alpha value is -1.61. The number of nitrogens with one attached hydrogen (secondary N) is 1. The number of hydrogen-bond acceptors (Lipinski definition) is 4. The molecule has 0 aromatic heterocycles. The van der Waals surface area contributed by atoms with Crippen LogP contribution in [0.2, 0.25) is 0 Å². The summed E-state index contributed by atoms with van der Waals surface area (Å²) in [6, 6.07) is 6.45. The molecule has 2 rings (SSSR count). The Bertz CT molecular complexity index is 671. The van der Waals surface area contributed by atoms with Gasteiger partial charge in [0.1, 0.15) is 6.10 Å². The monoisotopic (exact) mass is 336 g/mol. The molecular formula is C13H15F3N2O3S. The van der Waals surface area contributed by atoms with Gasteiger partial charge in [-0.3, -0.25) is 0 Å². The van der Waals surface area contributed by atoms with E-state index in [0.29, 0.717) is 12.0 Å². The van der Waals surface area contributed by atoms with Crippen LogP contribution in [0.4, 0.5) is 13.2 Å². The summed E-state index contributed by atoms with van der Waals surface area (Å²) in [6.07, 6.45) is -5.46. The average molecular weight is 336 g/mol. The van der Waals surface area contributed by atoms with Gasteiger partial charge in [0, 0.05) is 6.42 Å². The van der Waals surface area contributed by atoms with Gasteiger partial charge in [-0.15, -0.1) is 0 Å². The van der Waals surface area contributed by atoms with Crippen LogP contribution in [0.5, 0.6) is 0 Å². The lowest BCUT2D eigenvalue weighted by Crippen LogP contribution is -2.34. The first kappa shape index (κ1) is 16.8. The van der Waals surface area contributed by atoms with Crippen molar-refractivity contribution in [3.05, 3.63) is 29.8 Å². The van der Waals surface area contributed by atoms with Gasteiger partial charge in [0.2, 0.25) is 10.0 Å². The summed E-state index contributed by atoms with van der Waals surface area (Å²) in [5.74, 6) is 0. The minimum Gasteiger partial charge on any atom is -0.390 e. The van der Waals surface area contributed by atoms with Gasteiger partial charge in [-0.1, -0.05) is 30.3 Å². The van der Waals surface area contributed by atoms with E-state index in [9.17, 15) is 21.6 Å². The maximum Gasteiger partial charge on any atom is 0.432 e. The molecule has 9 heteroatoms. The second-order valence-corrected chi connectivity index (χ2v) is 6.52. The number of oxime groups is 1. The van der Waals surface area contributed by atoms with E-state index in [2.05, 4.69) is 14.7 Å². The fourth-order valence-electron chi connectivity index (χ4n) is 2.04. The first-order chi connectivity index (χ1) is 10.2. The number of hydrogen-bond donors (Lipinski definition) is 1. The Morgan fingerprint density at radius 1 is 1.36 bits per heavy atom. The third kappa shape index (κ3) is 3.77. The molecule has 0 amide bonds. The van der Waals surface area contributed by atoms with E-state index in [4.69, 9.17) is 0 Å². The highest BCUT2D eigenvalue weighted by Gasteiger charge is 2.41. The average Bonchev–Trinajstić information content (AvgIpc) is 2.94. The van der Waals surface area contributed by atoms with E-state index in [1.54, 1.807) is 18.2 Å². The summed E-state index contributed by atoms with van der Waals surface area (Å²) in [4.78, 5) is 4.74. The van der Waals surface area contributed by atoms with Crippen molar-refractivity contribution in [2.45, 2.75) is 36.9 Å². The maximum absolute atomic E-state index is 12.4. The molecule has 1 heterocycles. The van der Waals surface area contributed by atoms with Crippen LogP contribution in [0, 0.1) is 0 Å². The fourth-order valence-corrected chi connectivity index (χ4v) is 3.42. The molecule has 122 valence electrons. The third-order valence-corrected chi connectivity index (χ3v) is 4.73. The van der Waals surface area contributed by atoms with Crippen molar-refractivity contribution in [3.8, 4) is 0 Å². The summed E-state index contributed by atoms with van der Waals surface area (Å²) in [7, 11) is -3.81. The molecule has 1 aliphatic heterocycles. The Kier molecular flexibility index (Phi) is 4.76. The van der Waals surface area contributed by atoms with Crippen molar-refractivity contribution in [1.29, 1.82) is 0 Å². The van der Waals surface area contributed by atoms with Gasteiger partial charge < -0.3 is 4.84 Å². The van der Waals surface area contributed by atoms with Gasteiger partial charge in [0.25, 0.3) is 0 Å². The van der Waals surface area contributed by atoms with Crippen LogP contribution in [0.25, 0.3) is 0 Å². The zero-order valence-electron chi connectivity index (χ0n) is 11.7. The summed E-state index contributed by atoms with van der Waals surface area (Å²) >= 11 is 0. The number of rotatable bonds is 5. The molecule has 0 saturated carbocycles. The van der Waals surface area contributed by atoms with Crippen molar-refractivity contribution in [2.24, 2.45) is 5.16 Å². The third-order valence-electron chi connectivity index (χ3n) is 3.20. The highest BCUT2D eigenvalue weighted by atomic mass is 32.2. The maximum atomic E-state index is 12.4. The number of aryl methyl sites for hydroxylation is 1. The van der Waals surface area contributed by atoms with Crippen LogP contribution in [0.1, 0.15) is 18.9 Å². The standard InChI is InChI=1S/C13H15F3N2O3S/c1-2-9-5-3-4-6-11(9)22(19,20)17-8-10-7-12(18-21-10)13(14,15)16/h3-6,10,17H,2,7-8H2,1H3. The molecule has 0 bridgehead atoms. The first-order valence-corrected chi connectivity index (χ1v) is 8.10. The predicted molar refractivity (Wildman–Crippen MR) is 74.0 cm³/mol. The highest BCUT2D eigenvalue weighted by Crippen LogP contribution is 2.25. The van der Waals surface area contributed by atoms with Gasteiger partial charge >= 0.3 is 6.18 Å². The second-order valence-electron chi connectivity index (χ2n) is 4.78. The van der Waals surface area contributed by atoms with E-state index in [1.165, 1.54) is 6.07 Å². The molecule has 0 spiro atoms. The van der Waals surface area contributed by atoms with E-state index in [-0.39, 0.29) is 11.4 Å². The number of alkyl halides is 3. The molecule has 1 aromatic carbocycles. The molecule has 1 unspecified atom stereocenters. The van der Waals surface area contributed by atoms with Crippen LogP contribution in [-0.2, 0) is 21.3 Å². The van der Waals surface area contributed by atoms with Crippen LogP contribution in [0.15, 0.2) is 34.3 Å². The highest BCUT2D eigenvalue weighted by molar-refractivity contribution is 7.89. The van der Waals surface area contributed by atoms with Crippen LogP contribution >= 0.6 is 0 Å². The van der Waals surface area contributed by atoms with Crippen molar-refractivity contribution in [1.82, 2.24) is 4.72 Å². The minimum atomic E-state index is -4.55. The Labute approximate surface area is 126 Å². The van der Waals surface area contributed by atoms with Crippen LogP contribution in [0.3, 0.4) is 0 Å². The lowest BCUT2D eigenvalue weighted by atomic mass is 10.2. The van der Waals surface area contributed by atoms with Gasteiger partial charge in [0.05, 0.1) is 11.4 Å². The minimum absolute atomic E-state index is 0.118. The van der Waals surface area contributed by atoms with Crippen molar-refractivity contribution in [3.63, 3.8) is 0 Å². The van der Waals surface area contributed by atoms with Gasteiger partial charge in [0.15, 0.2) is 5.71 Å². The zero-order valence-corrected chi connectivity index (χ0v) is 12.5. The quantitative estimate of drug-likeness (QED) is 0.897. The molecule has 22 heavy (non-hydrogen) atoms. The molecule has 1 N–H and O–H groups in total. The molecule has 0 fully saturated rings. The molecule has 1 aliphatic rings. The van der Waals surface area contributed by atoms with E-state index in [1.807, 2.05) is 6.92 Å². The van der Waals surface area contributed by atoms with E-state index >= 15 is 0 Å². The van der Waals surface area contributed by atoms with Crippen molar-refractivity contribution >= 4 is 15.7 Å². The fraction of sp³-hybridized carbons (Fsp3) is 0.462. The second kappa shape index (κ2) is 6.25. The Morgan fingerprint density at radius 2 is 2.05 bits per heavy atom. The topological polar surface area (TPSA) is 67.8 Å². The molecule has 1 aromatic rings. The molecule has 5 nitrogen and oxygen atoms in total. The van der Waals surface area contributed by atoms with Gasteiger partial charge in [-0.25, -0.2) is 13.1 Å². The van der Waals surface area contributed by atoms with Crippen LogP contribution in [-0.4, -0.2) is 33.0 Å². The van der Waals surface area contributed by atoms with Gasteiger partial charge in [-0.05, 0) is 18.1 Å². The lowest BCUT2D eigenvalue weighted by Gasteiger charge is -2.13. The van der Waals surface area contributed by atoms with E-state index < -0.39 is 34.4 Å². The Balaban J connectivity index is 2.00. The molecule has 0 radical (unpaired) electrons. The summed E-state index contributed by atoms with van der Waals surface area (Å²) < 4.78 is 64.0. The number of sulfonamides is 1. The molecule has 0 aliphatic carbocycles. The summed E-state index contributed by atoms with van der Waals surface area (Å²) in [5, 5.41) is 2.95. The van der Waals surface area contributed by atoms with Gasteiger partial charge in [-0.2, -0.15) is 13.2 Å². The molecule has 0 saturated heterocycles. The number of benzene rings is 1. The first-order valence-electron chi connectivity index (χ1n) is 6.61. The number of nitrogens with zero attached hydrogens (tertiary/aromatic N) is 1. The predicted octanol–water partition coefficient (Wildman–Crippen LogP) is 2.23.